The summed E-state index contributed by atoms with van der Waals surface area (Å²) in [5.41, 5.74) is 9.04. The number of H-pyrrole nitrogens is 1. The van der Waals surface area contributed by atoms with Crippen molar-refractivity contribution in [2.24, 2.45) is 5.73 Å². The van der Waals surface area contributed by atoms with Crippen LogP contribution in [0.15, 0.2) is 59.1 Å². The highest BCUT2D eigenvalue weighted by atomic mass is 16.4. The molecular weight excluding hydrogens is 410 g/mol. The zero-order valence-corrected chi connectivity index (χ0v) is 17.1. The third-order valence-corrected chi connectivity index (χ3v) is 5.73. The number of piperazine rings is 1. The molecule has 0 spiro atoms. The number of rotatable bonds is 4. The van der Waals surface area contributed by atoms with Gasteiger partial charge in [-0.2, -0.15) is 0 Å². The van der Waals surface area contributed by atoms with Gasteiger partial charge in [-0.3, -0.25) is 4.79 Å². The van der Waals surface area contributed by atoms with Gasteiger partial charge in [-0.15, -0.1) is 0 Å². The summed E-state index contributed by atoms with van der Waals surface area (Å²) in [7, 11) is 0. The summed E-state index contributed by atoms with van der Waals surface area (Å²) >= 11 is 0. The highest BCUT2D eigenvalue weighted by Crippen LogP contribution is 2.34. The van der Waals surface area contributed by atoms with E-state index in [1.54, 1.807) is 0 Å². The van der Waals surface area contributed by atoms with E-state index in [1.165, 1.54) is 4.90 Å². The third-order valence-electron chi connectivity index (χ3n) is 5.73. The number of nitrogens with two attached hydrogens (primary N) is 1. The number of aromatic amines is 1. The van der Waals surface area contributed by atoms with E-state index >= 15 is 0 Å². The Morgan fingerprint density at radius 3 is 2.47 bits per heavy atom. The standard InChI is InChI=1S/C23H21N5O4/c24-21(29)19-20(32-22(26-19)17-2-1-3-18-16(17)8-9-25-18)14-4-6-15(7-5-14)27-10-12-28(13-11-27)23(30)31/h1-9,25H,10-13H2,(H2,24,29)(H,30,31). The molecule has 0 atom stereocenters. The molecule has 9 heteroatoms. The zero-order valence-electron chi connectivity index (χ0n) is 17.1. The van der Waals surface area contributed by atoms with Crippen LogP contribution >= 0.6 is 0 Å². The summed E-state index contributed by atoms with van der Waals surface area (Å²) in [4.78, 5) is 34.3. The molecule has 1 fully saturated rings. The molecule has 2 aromatic carbocycles. The van der Waals surface area contributed by atoms with Crippen molar-refractivity contribution in [2.45, 2.75) is 0 Å². The molecule has 0 saturated carbocycles. The number of carbonyl (C=O) groups excluding carboxylic acids is 1. The lowest BCUT2D eigenvalue weighted by Crippen LogP contribution is -2.48. The Balaban J connectivity index is 1.45. The van der Waals surface area contributed by atoms with Crippen LogP contribution in [0, 0.1) is 0 Å². The second kappa shape index (κ2) is 7.77. The molecule has 0 bridgehead atoms. The fraction of sp³-hybridized carbons (Fsp3) is 0.174. The van der Waals surface area contributed by atoms with E-state index in [0.717, 1.165) is 22.2 Å². The molecule has 3 heterocycles. The number of oxazole rings is 1. The Kier molecular flexibility index (Phi) is 4.78. The van der Waals surface area contributed by atoms with Crippen LogP contribution in [0.1, 0.15) is 10.5 Å². The monoisotopic (exact) mass is 431 g/mol. The van der Waals surface area contributed by atoms with Crippen LogP contribution in [0.3, 0.4) is 0 Å². The molecule has 2 aromatic heterocycles. The number of nitrogens with one attached hydrogen (secondary N) is 1. The number of hydrogen-bond donors (Lipinski definition) is 3. The molecule has 9 nitrogen and oxygen atoms in total. The molecule has 5 rings (SSSR count). The van der Waals surface area contributed by atoms with E-state index < -0.39 is 12.0 Å². The van der Waals surface area contributed by atoms with Crippen LogP contribution in [0.5, 0.6) is 0 Å². The molecule has 0 radical (unpaired) electrons. The molecule has 2 amide bonds. The number of hydrogen-bond acceptors (Lipinski definition) is 5. The van der Waals surface area contributed by atoms with Crippen molar-refractivity contribution in [3.63, 3.8) is 0 Å². The second-order valence-electron chi connectivity index (χ2n) is 7.61. The number of amides is 2. The molecule has 0 aliphatic carbocycles. The number of primary amides is 1. The summed E-state index contributed by atoms with van der Waals surface area (Å²) in [6.45, 7) is 2.15. The van der Waals surface area contributed by atoms with Gasteiger partial charge in [0.25, 0.3) is 5.91 Å². The number of benzene rings is 2. The number of fused-ring (bicyclic) bond motifs is 1. The lowest BCUT2D eigenvalue weighted by atomic mass is 10.1. The number of carboxylic acid groups (broad SMARTS) is 1. The Morgan fingerprint density at radius 2 is 1.78 bits per heavy atom. The summed E-state index contributed by atoms with van der Waals surface area (Å²) in [5, 5.41) is 10.0. The summed E-state index contributed by atoms with van der Waals surface area (Å²) in [5.74, 6) is -0.0136. The van der Waals surface area contributed by atoms with Gasteiger partial charge in [-0.1, -0.05) is 6.07 Å². The van der Waals surface area contributed by atoms with Crippen molar-refractivity contribution in [1.82, 2.24) is 14.9 Å². The van der Waals surface area contributed by atoms with Gasteiger partial charge < -0.3 is 30.0 Å². The topological polar surface area (TPSA) is 129 Å². The second-order valence-corrected chi connectivity index (χ2v) is 7.61. The van der Waals surface area contributed by atoms with Crippen LogP contribution in [-0.2, 0) is 0 Å². The lowest BCUT2D eigenvalue weighted by molar-refractivity contribution is 0.0996. The van der Waals surface area contributed by atoms with Crippen molar-refractivity contribution in [1.29, 1.82) is 0 Å². The lowest BCUT2D eigenvalue weighted by Gasteiger charge is -2.34. The Labute approximate surface area is 183 Å². The Morgan fingerprint density at radius 1 is 1.03 bits per heavy atom. The molecular formula is C23H21N5O4. The first-order valence-corrected chi connectivity index (χ1v) is 10.2. The van der Waals surface area contributed by atoms with Crippen LogP contribution in [0.25, 0.3) is 33.7 Å². The Hall–Kier alpha value is -4.27. The molecule has 4 aromatic rings. The van der Waals surface area contributed by atoms with Crippen LogP contribution < -0.4 is 10.6 Å². The SMILES string of the molecule is NC(=O)c1nc(-c2cccc3[nH]ccc23)oc1-c1ccc(N2CCN(C(=O)O)CC2)cc1. The quantitative estimate of drug-likeness (QED) is 0.454. The highest BCUT2D eigenvalue weighted by Gasteiger charge is 2.23. The summed E-state index contributed by atoms with van der Waals surface area (Å²) in [6, 6.07) is 15.2. The van der Waals surface area contributed by atoms with Crippen LogP contribution in [-0.4, -0.2) is 58.2 Å². The maximum absolute atomic E-state index is 12.1. The largest absolute Gasteiger partial charge is 0.465 e. The molecule has 32 heavy (non-hydrogen) atoms. The van der Waals surface area contributed by atoms with Crippen molar-refractivity contribution in [2.75, 3.05) is 31.1 Å². The van der Waals surface area contributed by atoms with E-state index in [-0.39, 0.29) is 5.69 Å². The highest BCUT2D eigenvalue weighted by molar-refractivity contribution is 5.99. The number of nitrogens with zero attached hydrogens (tertiary/aromatic N) is 3. The number of anilines is 1. The molecule has 4 N–H and O–H groups in total. The number of aromatic nitrogens is 2. The first kappa shape index (κ1) is 19.7. The van der Waals surface area contributed by atoms with Gasteiger partial charge in [-0.05, 0) is 42.5 Å². The van der Waals surface area contributed by atoms with Crippen molar-refractivity contribution >= 4 is 28.6 Å². The fourth-order valence-corrected chi connectivity index (χ4v) is 4.05. The zero-order chi connectivity index (χ0) is 22.2. The van der Waals surface area contributed by atoms with Gasteiger partial charge in [0.05, 0.1) is 0 Å². The minimum Gasteiger partial charge on any atom is -0.465 e. The first-order valence-electron chi connectivity index (χ1n) is 10.2. The van der Waals surface area contributed by atoms with E-state index in [4.69, 9.17) is 15.3 Å². The maximum atomic E-state index is 12.1. The smallest absolute Gasteiger partial charge is 0.407 e. The molecule has 1 aliphatic rings. The van der Waals surface area contributed by atoms with E-state index in [9.17, 15) is 9.59 Å². The van der Waals surface area contributed by atoms with Gasteiger partial charge in [0, 0.05) is 60.1 Å². The Bertz CT molecular complexity index is 1300. The average Bonchev–Trinajstić information content (AvgIpc) is 3.47. The molecule has 162 valence electrons. The van der Waals surface area contributed by atoms with E-state index in [0.29, 0.717) is 43.4 Å². The first-order chi connectivity index (χ1) is 15.5. The summed E-state index contributed by atoms with van der Waals surface area (Å²) in [6.07, 6.45) is 0.942. The van der Waals surface area contributed by atoms with Gasteiger partial charge in [-0.25, -0.2) is 9.78 Å². The predicted molar refractivity (Wildman–Crippen MR) is 120 cm³/mol. The van der Waals surface area contributed by atoms with Gasteiger partial charge >= 0.3 is 6.09 Å². The van der Waals surface area contributed by atoms with Crippen LogP contribution in [0.4, 0.5) is 10.5 Å². The average molecular weight is 431 g/mol. The molecule has 1 saturated heterocycles. The number of carbonyl (C=O) groups is 2. The van der Waals surface area contributed by atoms with E-state index in [1.807, 2.05) is 54.7 Å². The minimum absolute atomic E-state index is 0.0790. The molecule has 1 aliphatic heterocycles. The minimum atomic E-state index is -0.893. The maximum Gasteiger partial charge on any atom is 0.407 e. The van der Waals surface area contributed by atoms with Gasteiger partial charge in [0.1, 0.15) is 0 Å². The molecule has 0 unspecified atom stereocenters. The van der Waals surface area contributed by atoms with E-state index in [2.05, 4.69) is 14.9 Å². The normalized spacial score (nSPS) is 14.1. The van der Waals surface area contributed by atoms with Crippen molar-refractivity contribution in [3.8, 4) is 22.8 Å². The van der Waals surface area contributed by atoms with Crippen molar-refractivity contribution < 1.29 is 19.1 Å². The predicted octanol–water partition coefficient (Wildman–Crippen LogP) is 3.39. The fourth-order valence-electron chi connectivity index (χ4n) is 4.05. The van der Waals surface area contributed by atoms with Crippen LogP contribution in [0.2, 0.25) is 0 Å². The third kappa shape index (κ3) is 3.43. The summed E-state index contributed by atoms with van der Waals surface area (Å²) < 4.78 is 6.04. The van der Waals surface area contributed by atoms with Gasteiger partial charge in [0.2, 0.25) is 5.89 Å². The van der Waals surface area contributed by atoms with Gasteiger partial charge in [0.15, 0.2) is 11.5 Å². The van der Waals surface area contributed by atoms with Crippen molar-refractivity contribution in [3.05, 3.63) is 60.4 Å².